The average molecular weight is 407 g/mol. The number of nitrogens with one attached hydrogen (secondary N) is 1. The first-order valence-corrected chi connectivity index (χ1v) is 8.21. The van der Waals surface area contributed by atoms with Crippen LogP contribution in [0.5, 0.6) is 11.5 Å². The number of hydrogen-bond acceptors (Lipinski definition) is 6. The molecule has 0 saturated heterocycles. The van der Waals surface area contributed by atoms with Gasteiger partial charge in [0.1, 0.15) is 5.82 Å². The number of likely N-dealkylation sites (N-methyl/N-ethyl adjacent to an activating group) is 1. The number of hydrazone groups is 1. The number of amides is 1. The van der Waals surface area contributed by atoms with Crippen LogP contribution in [-0.4, -0.2) is 49.8 Å². The van der Waals surface area contributed by atoms with Gasteiger partial charge in [0.25, 0.3) is 5.91 Å². The summed E-state index contributed by atoms with van der Waals surface area (Å²) in [6.45, 7) is -0.0728. The number of anilines is 1. The first kappa shape index (κ1) is 18.7. The van der Waals surface area contributed by atoms with Crippen molar-refractivity contribution in [3.63, 3.8) is 0 Å². The van der Waals surface area contributed by atoms with Gasteiger partial charge in [-0.1, -0.05) is 6.07 Å². The van der Waals surface area contributed by atoms with Crippen LogP contribution in [0.1, 0.15) is 5.56 Å². The molecule has 0 bridgehead atoms. The maximum Gasteiger partial charge on any atom is 0.259 e. The van der Waals surface area contributed by atoms with E-state index in [0.717, 1.165) is 5.56 Å². The highest BCUT2D eigenvalue weighted by Crippen LogP contribution is 2.36. The lowest BCUT2D eigenvalue weighted by Crippen LogP contribution is -2.27. The summed E-state index contributed by atoms with van der Waals surface area (Å²) in [5.74, 6) is 1.47. The van der Waals surface area contributed by atoms with Crippen LogP contribution in [0.3, 0.4) is 0 Å². The van der Waals surface area contributed by atoms with E-state index in [1.165, 1.54) is 12.0 Å². The number of halogens is 1. The Hall–Kier alpha value is -2.61. The summed E-state index contributed by atoms with van der Waals surface area (Å²) in [5.41, 5.74) is 3.63. The fraction of sp³-hybridized carbons (Fsp3) is 0.235. The quantitative estimate of drug-likeness (QED) is 0.564. The minimum atomic E-state index is -0.140. The van der Waals surface area contributed by atoms with E-state index < -0.39 is 0 Å². The molecule has 1 aromatic carbocycles. The summed E-state index contributed by atoms with van der Waals surface area (Å²) in [5, 5.41) is 4.14. The van der Waals surface area contributed by atoms with Crippen molar-refractivity contribution in [1.29, 1.82) is 0 Å². The highest BCUT2D eigenvalue weighted by molar-refractivity contribution is 9.10. The Bertz CT molecular complexity index is 751. The molecule has 132 valence electrons. The lowest BCUT2D eigenvalue weighted by molar-refractivity contribution is -0.130. The zero-order valence-electron chi connectivity index (χ0n) is 14.2. The number of nitrogens with zero attached hydrogens (tertiary/aromatic N) is 3. The molecular formula is C17H19BrN4O3. The summed E-state index contributed by atoms with van der Waals surface area (Å²) in [6, 6.07) is 9.10. The number of carbonyl (C=O) groups excluding carboxylic acids is 1. The highest BCUT2D eigenvalue weighted by Gasteiger charge is 2.13. The van der Waals surface area contributed by atoms with Crippen molar-refractivity contribution in [2.24, 2.45) is 5.10 Å². The molecule has 0 aliphatic rings. The number of ether oxygens (including phenoxy) is 2. The maximum absolute atomic E-state index is 11.7. The topological polar surface area (TPSA) is 76.0 Å². The van der Waals surface area contributed by atoms with Crippen molar-refractivity contribution >= 4 is 33.9 Å². The number of benzene rings is 1. The molecule has 0 fully saturated rings. The number of carbonyl (C=O) groups is 1. The first-order chi connectivity index (χ1) is 12.0. The van der Waals surface area contributed by atoms with E-state index in [4.69, 9.17) is 9.47 Å². The molecule has 2 aromatic rings. The summed E-state index contributed by atoms with van der Waals surface area (Å²) in [7, 11) is 4.88. The lowest BCUT2D eigenvalue weighted by atomic mass is 10.2. The third-order valence-electron chi connectivity index (χ3n) is 3.15. The largest absolute Gasteiger partial charge is 0.493 e. The smallest absolute Gasteiger partial charge is 0.259 e. The monoisotopic (exact) mass is 406 g/mol. The number of rotatable bonds is 7. The Morgan fingerprint density at radius 1 is 1.40 bits per heavy atom. The number of hydrogen-bond donors (Lipinski definition) is 1. The molecule has 1 aromatic heterocycles. The molecule has 1 heterocycles. The summed E-state index contributed by atoms with van der Waals surface area (Å²) in [6.07, 6.45) is 3.31. The van der Waals surface area contributed by atoms with Crippen LogP contribution in [0.2, 0.25) is 0 Å². The van der Waals surface area contributed by atoms with Crippen LogP contribution in [-0.2, 0) is 4.79 Å². The maximum atomic E-state index is 11.7. The van der Waals surface area contributed by atoms with E-state index in [0.29, 0.717) is 21.8 Å². The third kappa shape index (κ3) is 5.46. The van der Waals surface area contributed by atoms with Gasteiger partial charge in [0.2, 0.25) is 0 Å². The lowest BCUT2D eigenvalue weighted by Gasteiger charge is -2.15. The second-order valence-electron chi connectivity index (χ2n) is 5.20. The van der Waals surface area contributed by atoms with Gasteiger partial charge >= 0.3 is 0 Å². The molecule has 1 N–H and O–H groups in total. The van der Waals surface area contributed by atoms with Gasteiger partial charge < -0.3 is 14.4 Å². The van der Waals surface area contributed by atoms with Crippen LogP contribution in [0, 0.1) is 0 Å². The fourth-order valence-corrected chi connectivity index (χ4v) is 2.39. The minimum absolute atomic E-state index is 0.0728. The second-order valence-corrected chi connectivity index (χ2v) is 6.05. The molecule has 7 nitrogen and oxygen atoms in total. The Labute approximate surface area is 154 Å². The molecular weight excluding hydrogens is 388 g/mol. The van der Waals surface area contributed by atoms with Crippen molar-refractivity contribution in [3.8, 4) is 11.5 Å². The Morgan fingerprint density at radius 2 is 2.20 bits per heavy atom. The first-order valence-electron chi connectivity index (χ1n) is 7.42. The van der Waals surface area contributed by atoms with E-state index in [9.17, 15) is 4.79 Å². The third-order valence-corrected chi connectivity index (χ3v) is 3.74. The summed E-state index contributed by atoms with van der Waals surface area (Å²) in [4.78, 5) is 17.3. The predicted molar refractivity (Wildman–Crippen MR) is 100 cm³/mol. The molecule has 25 heavy (non-hydrogen) atoms. The van der Waals surface area contributed by atoms with Crippen LogP contribution in [0.15, 0.2) is 46.1 Å². The van der Waals surface area contributed by atoms with Crippen molar-refractivity contribution in [2.45, 2.75) is 0 Å². The van der Waals surface area contributed by atoms with Gasteiger partial charge in [-0.15, -0.1) is 0 Å². The fourth-order valence-electron chi connectivity index (χ4n) is 1.82. The van der Waals surface area contributed by atoms with Gasteiger partial charge in [-0.2, -0.15) is 5.10 Å². The van der Waals surface area contributed by atoms with Gasteiger partial charge in [0.05, 0.1) is 17.8 Å². The van der Waals surface area contributed by atoms with E-state index in [-0.39, 0.29) is 12.5 Å². The van der Waals surface area contributed by atoms with Gasteiger partial charge in [-0.05, 0) is 45.8 Å². The summed E-state index contributed by atoms with van der Waals surface area (Å²) >= 11 is 3.44. The van der Waals surface area contributed by atoms with Crippen LogP contribution in [0.4, 0.5) is 5.82 Å². The molecule has 0 aliphatic heterocycles. The molecule has 0 saturated carbocycles. The van der Waals surface area contributed by atoms with Gasteiger partial charge in [-0.3, -0.25) is 10.2 Å². The SMILES string of the molecule is COc1cc(C=NNc2ccccn2)cc(Br)c1OCC(=O)N(C)C. The minimum Gasteiger partial charge on any atom is -0.493 e. The highest BCUT2D eigenvalue weighted by atomic mass is 79.9. The molecule has 8 heteroatoms. The molecule has 0 spiro atoms. The number of methoxy groups -OCH3 is 1. The van der Waals surface area contributed by atoms with Gasteiger partial charge in [0, 0.05) is 20.3 Å². The van der Waals surface area contributed by atoms with Gasteiger partial charge in [0.15, 0.2) is 18.1 Å². The van der Waals surface area contributed by atoms with Crippen molar-refractivity contribution < 1.29 is 14.3 Å². The zero-order valence-corrected chi connectivity index (χ0v) is 15.8. The Kier molecular flexibility index (Phi) is 6.76. The van der Waals surface area contributed by atoms with Crippen molar-refractivity contribution in [1.82, 2.24) is 9.88 Å². The molecule has 0 radical (unpaired) electrons. The normalized spacial score (nSPS) is 10.6. The summed E-state index contributed by atoms with van der Waals surface area (Å²) < 4.78 is 11.6. The van der Waals surface area contributed by atoms with E-state index in [1.54, 1.807) is 32.6 Å². The molecule has 2 rings (SSSR count). The van der Waals surface area contributed by atoms with Gasteiger partial charge in [-0.25, -0.2) is 4.98 Å². The molecule has 0 aliphatic carbocycles. The number of pyridine rings is 1. The Balaban J connectivity index is 2.11. The molecule has 0 atom stereocenters. The number of aromatic nitrogens is 1. The van der Waals surface area contributed by atoms with E-state index >= 15 is 0 Å². The van der Waals surface area contributed by atoms with Crippen molar-refractivity contribution in [2.75, 3.05) is 33.2 Å². The second kappa shape index (κ2) is 9.03. The van der Waals surface area contributed by atoms with E-state index in [2.05, 4.69) is 31.4 Å². The molecule has 0 unspecified atom stereocenters. The van der Waals surface area contributed by atoms with E-state index in [1.807, 2.05) is 24.3 Å². The van der Waals surface area contributed by atoms with Crippen LogP contribution < -0.4 is 14.9 Å². The zero-order chi connectivity index (χ0) is 18.2. The standard InChI is InChI=1S/C17H19BrN4O3/c1-22(2)16(23)11-25-17-13(18)8-12(9-14(17)24-3)10-20-21-15-6-4-5-7-19-15/h4-10H,11H2,1-3H3,(H,19,21). The predicted octanol–water partition coefficient (Wildman–Crippen LogP) is 2.77. The average Bonchev–Trinajstić information content (AvgIpc) is 2.61. The molecule has 1 amide bonds. The van der Waals surface area contributed by atoms with Crippen LogP contribution in [0.25, 0.3) is 0 Å². The Morgan fingerprint density at radius 3 is 2.84 bits per heavy atom. The van der Waals surface area contributed by atoms with Crippen molar-refractivity contribution in [3.05, 3.63) is 46.6 Å². The van der Waals surface area contributed by atoms with Crippen LogP contribution >= 0.6 is 15.9 Å².